The standard InChI is InChI=1S/C14H17BrO/c1-3-14(4-2)8-7-10-9-11(15)5-6-12(10)13(14)16/h5-6,9H,3-4,7-8H2,1-2H3. The van der Waals surface area contributed by atoms with Gasteiger partial charge in [0.1, 0.15) is 0 Å². The molecule has 2 heteroatoms. The van der Waals surface area contributed by atoms with Gasteiger partial charge < -0.3 is 0 Å². The number of rotatable bonds is 2. The van der Waals surface area contributed by atoms with Gasteiger partial charge in [-0.1, -0.05) is 29.8 Å². The number of benzene rings is 1. The minimum atomic E-state index is -0.0964. The molecule has 0 aliphatic heterocycles. The summed E-state index contributed by atoms with van der Waals surface area (Å²) in [7, 11) is 0. The van der Waals surface area contributed by atoms with Crippen LogP contribution in [0.3, 0.4) is 0 Å². The molecule has 0 spiro atoms. The average molecular weight is 281 g/mol. The number of hydrogen-bond acceptors (Lipinski definition) is 1. The zero-order valence-electron chi connectivity index (χ0n) is 9.85. The van der Waals surface area contributed by atoms with Crippen LogP contribution in [-0.2, 0) is 6.42 Å². The molecule has 16 heavy (non-hydrogen) atoms. The molecule has 0 aromatic heterocycles. The largest absolute Gasteiger partial charge is 0.294 e. The summed E-state index contributed by atoms with van der Waals surface area (Å²) < 4.78 is 1.07. The molecule has 0 heterocycles. The molecule has 0 fully saturated rings. The molecule has 1 aliphatic rings. The molecule has 0 saturated heterocycles. The van der Waals surface area contributed by atoms with Crippen LogP contribution in [0, 0.1) is 5.41 Å². The van der Waals surface area contributed by atoms with Gasteiger partial charge in [-0.2, -0.15) is 0 Å². The monoisotopic (exact) mass is 280 g/mol. The van der Waals surface area contributed by atoms with Gasteiger partial charge in [0.2, 0.25) is 0 Å². The summed E-state index contributed by atoms with van der Waals surface area (Å²) >= 11 is 3.46. The SMILES string of the molecule is CCC1(CC)CCc2cc(Br)ccc2C1=O. The van der Waals surface area contributed by atoms with Crippen LogP contribution in [0.15, 0.2) is 22.7 Å². The van der Waals surface area contributed by atoms with Gasteiger partial charge >= 0.3 is 0 Å². The van der Waals surface area contributed by atoms with Crippen LogP contribution in [-0.4, -0.2) is 5.78 Å². The number of Topliss-reactive ketones (excluding diaryl/α,β-unsaturated/α-hetero) is 1. The molecule has 1 aliphatic carbocycles. The third kappa shape index (κ3) is 1.73. The van der Waals surface area contributed by atoms with E-state index in [1.165, 1.54) is 5.56 Å². The molecule has 0 atom stereocenters. The number of fused-ring (bicyclic) bond motifs is 1. The van der Waals surface area contributed by atoms with Crippen LogP contribution in [0.1, 0.15) is 49.0 Å². The Morgan fingerprint density at radius 1 is 1.31 bits per heavy atom. The van der Waals surface area contributed by atoms with Gasteiger partial charge in [0.05, 0.1) is 0 Å². The average Bonchev–Trinajstić information content (AvgIpc) is 2.30. The smallest absolute Gasteiger partial charge is 0.169 e. The van der Waals surface area contributed by atoms with Crippen LogP contribution < -0.4 is 0 Å². The minimum Gasteiger partial charge on any atom is -0.294 e. The van der Waals surface area contributed by atoms with E-state index in [1.54, 1.807) is 0 Å². The van der Waals surface area contributed by atoms with E-state index in [4.69, 9.17) is 0 Å². The zero-order valence-corrected chi connectivity index (χ0v) is 11.4. The van der Waals surface area contributed by atoms with Crippen molar-refractivity contribution in [2.24, 2.45) is 5.41 Å². The van der Waals surface area contributed by atoms with E-state index < -0.39 is 0 Å². The molecule has 1 aromatic carbocycles. The fraction of sp³-hybridized carbons (Fsp3) is 0.500. The Labute approximate surface area is 105 Å². The molecule has 1 aromatic rings. The lowest BCUT2D eigenvalue weighted by atomic mass is 9.67. The van der Waals surface area contributed by atoms with Crippen LogP contribution in [0.4, 0.5) is 0 Å². The summed E-state index contributed by atoms with van der Waals surface area (Å²) in [5, 5.41) is 0. The predicted molar refractivity (Wildman–Crippen MR) is 69.8 cm³/mol. The van der Waals surface area contributed by atoms with Crippen molar-refractivity contribution >= 4 is 21.7 Å². The third-order valence-electron chi connectivity index (χ3n) is 4.02. The van der Waals surface area contributed by atoms with Crippen LogP contribution >= 0.6 is 15.9 Å². The van der Waals surface area contributed by atoms with Gasteiger partial charge in [-0.3, -0.25) is 4.79 Å². The second-order valence-corrected chi connectivity index (χ2v) is 5.53. The lowest BCUT2D eigenvalue weighted by Gasteiger charge is -2.35. The lowest BCUT2D eigenvalue weighted by Crippen LogP contribution is -2.34. The first-order valence-electron chi connectivity index (χ1n) is 5.96. The molecular weight excluding hydrogens is 264 g/mol. The highest BCUT2D eigenvalue weighted by Crippen LogP contribution is 2.41. The van der Waals surface area contributed by atoms with Gasteiger partial charge in [-0.05, 0) is 49.4 Å². The van der Waals surface area contributed by atoms with Crippen molar-refractivity contribution in [3.05, 3.63) is 33.8 Å². The van der Waals surface area contributed by atoms with Crippen molar-refractivity contribution in [3.63, 3.8) is 0 Å². The van der Waals surface area contributed by atoms with Crippen molar-refractivity contribution in [1.82, 2.24) is 0 Å². The Kier molecular flexibility index (Phi) is 3.20. The number of carbonyl (C=O) groups excluding carboxylic acids is 1. The first-order valence-corrected chi connectivity index (χ1v) is 6.75. The van der Waals surface area contributed by atoms with E-state index in [9.17, 15) is 4.79 Å². The Bertz CT molecular complexity index is 419. The first-order chi connectivity index (χ1) is 7.63. The van der Waals surface area contributed by atoms with Crippen LogP contribution in [0.5, 0.6) is 0 Å². The van der Waals surface area contributed by atoms with Crippen molar-refractivity contribution in [1.29, 1.82) is 0 Å². The number of ketones is 1. The second kappa shape index (κ2) is 4.33. The molecule has 0 unspecified atom stereocenters. The number of halogens is 1. The Hall–Kier alpha value is -0.630. The van der Waals surface area contributed by atoms with Gasteiger partial charge in [0, 0.05) is 15.5 Å². The van der Waals surface area contributed by atoms with Crippen molar-refractivity contribution in [2.45, 2.75) is 39.5 Å². The molecule has 2 rings (SSSR count). The van der Waals surface area contributed by atoms with Crippen LogP contribution in [0.2, 0.25) is 0 Å². The number of carbonyl (C=O) groups is 1. The normalized spacial score (nSPS) is 18.3. The first kappa shape index (κ1) is 11.8. The quantitative estimate of drug-likeness (QED) is 0.786. The van der Waals surface area contributed by atoms with E-state index in [-0.39, 0.29) is 5.41 Å². The molecule has 0 amide bonds. The van der Waals surface area contributed by atoms with E-state index in [0.29, 0.717) is 5.78 Å². The Morgan fingerprint density at radius 2 is 2.00 bits per heavy atom. The highest BCUT2D eigenvalue weighted by molar-refractivity contribution is 9.10. The van der Waals surface area contributed by atoms with Gasteiger partial charge in [0.15, 0.2) is 5.78 Å². The molecule has 0 radical (unpaired) electrons. The maximum atomic E-state index is 12.5. The van der Waals surface area contributed by atoms with E-state index in [1.807, 2.05) is 12.1 Å². The summed E-state index contributed by atoms with van der Waals surface area (Å²) in [5.74, 6) is 0.353. The lowest BCUT2D eigenvalue weighted by molar-refractivity contribution is 0.0738. The molecule has 0 bridgehead atoms. The minimum absolute atomic E-state index is 0.0964. The highest BCUT2D eigenvalue weighted by atomic mass is 79.9. The maximum Gasteiger partial charge on any atom is 0.169 e. The highest BCUT2D eigenvalue weighted by Gasteiger charge is 2.39. The molecular formula is C14H17BrO. The van der Waals surface area contributed by atoms with Gasteiger partial charge in [0.25, 0.3) is 0 Å². The van der Waals surface area contributed by atoms with Crippen molar-refractivity contribution in [2.75, 3.05) is 0 Å². The molecule has 1 nitrogen and oxygen atoms in total. The van der Waals surface area contributed by atoms with E-state index in [2.05, 4.69) is 35.8 Å². The molecule has 0 N–H and O–H groups in total. The van der Waals surface area contributed by atoms with Gasteiger partial charge in [-0.15, -0.1) is 0 Å². The number of hydrogen-bond donors (Lipinski definition) is 0. The van der Waals surface area contributed by atoms with Crippen molar-refractivity contribution < 1.29 is 4.79 Å². The summed E-state index contributed by atoms with van der Waals surface area (Å²) in [6.07, 6.45) is 3.94. The van der Waals surface area contributed by atoms with Crippen molar-refractivity contribution in [3.8, 4) is 0 Å². The summed E-state index contributed by atoms with van der Waals surface area (Å²) in [5.41, 5.74) is 2.05. The fourth-order valence-electron chi connectivity index (χ4n) is 2.69. The van der Waals surface area contributed by atoms with E-state index in [0.717, 1.165) is 35.7 Å². The van der Waals surface area contributed by atoms with Crippen LogP contribution in [0.25, 0.3) is 0 Å². The zero-order chi connectivity index (χ0) is 11.8. The maximum absolute atomic E-state index is 12.5. The fourth-order valence-corrected chi connectivity index (χ4v) is 3.10. The number of aryl methyl sites for hydroxylation is 1. The topological polar surface area (TPSA) is 17.1 Å². The molecule has 0 saturated carbocycles. The van der Waals surface area contributed by atoms with Gasteiger partial charge in [-0.25, -0.2) is 0 Å². The third-order valence-corrected chi connectivity index (χ3v) is 4.51. The Morgan fingerprint density at radius 3 is 2.62 bits per heavy atom. The summed E-state index contributed by atoms with van der Waals surface area (Å²) in [6, 6.07) is 6.03. The van der Waals surface area contributed by atoms with E-state index >= 15 is 0 Å². The summed E-state index contributed by atoms with van der Waals surface area (Å²) in [4.78, 5) is 12.5. The Balaban J connectivity index is 2.47. The summed E-state index contributed by atoms with van der Waals surface area (Å²) in [6.45, 7) is 4.26. The second-order valence-electron chi connectivity index (χ2n) is 4.62. The molecule has 86 valence electrons. The predicted octanol–water partition coefficient (Wildman–Crippen LogP) is 4.38.